The highest BCUT2D eigenvalue weighted by Gasteiger charge is 2.25. The van der Waals surface area contributed by atoms with E-state index in [0.717, 1.165) is 28.5 Å². The van der Waals surface area contributed by atoms with Gasteiger partial charge in [0, 0.05) is 34.6 Å². The lowest BCUT2D eigenvalue weighted by Crippen LogP contribution is -2.43. The zero-order valence-electron chi connectivity index (χ0n) is 20.2. The molecule has 1 heterocycles. The molecule has 7 nitrogen and oxygen atoms in total. The van der Waals surface area contributed by atoms with Gasteiger partial charge in [0.15, 0.2) is 12.4 Å². The fraction of sp³-hybridized carbons (Fsp3) is 0.207. The number of nitrogens with one attached hydrogen (secondary N) is 2. The molecule has 1 atom stereocenters. The number of carbonyl (C=O) groups excluding carboxylic acids is 3. The Morgan fingerprint density at radius 1 is 0.917 bits per heavy atom. The predicted octanol–water partition coefficient (Wildman–Crippen LogP) is 4.51. The van der Waals surface area contributed by atoms with Crippen molar-refractivity contribution in [2.75, 3.05) is 13.7 Å². The van der Waals surface area contributed by atoms with Crippen molar-refractivity contribution in [1.82, 2.24) is 10.3 Å². The van der Waals surface area contributed by atoms with Crippen LogP contribution in [0.25, 0.3) is 10.9 Å². The third-order valence-corrected chi connectivity index (χ3v) is 6.07. The molecule has 1 aromatic heterocycles. The molecule has 7 heteroatoms. The van der Waals surface area contributed by atoms with E-state index >= 15 is 0 Å². The molecule has 0 radical (unpaired) electrons. The summed E-state index contributed by atoms with van der Waals surface area (Å²) in [5, 5.41) is 3.75. The number of aromatic nitrogens is 1. The molecule has 0 aliphatic heterocycles. The van der Waals surface area contributed by atoms with Crippen LogP contribution in [0.3, 0.4) is 0 Å². The van der Waals surface area contributed by atoms with Crippen LogP contribution in [0.15, 0.2) is 79.0 Å². The van der Waals surface area contributed by atoms with Crippen LogP contribution in [-0.4, -0.2) is 42.4 Å². The first-order chi connectivity index (χ1) is 17.5. The van der Waals surface area contributed by atoms with Gasteiger partial charge in [-0.25, -0.2) is 4.79 Å². The molecule has 2 N–H and O–H groups in total. The summed E-state index contributed by atoms with van der Waals surface area (Å²) in [4.78, 5) is 41.8. The molecule has 0 unspecified atom stereocenters. The largest absolute Gasteiger partial charge is 0.497 e. The Hall–Kier alpha value is -4.39. The van der Waals surface area contributed by atoms with Crippen LogP contribution >= 0.6 is 0 Å². The predicted molar refractivity (Wildman–Crippen MR) is 137 cm³/mol. The second-order valence-corrected chi connectivity index (χ2v) is 8.40. The van der Waals surface area contributed by atoms with Gasteiger partial charge in [-0.15, -0.1) is 0 Å². The normalized spacial score (nSPS) is 11.6. The van der Waals surface area contributed by atoms with E-state index in [0.29, 0.717) is 16.9 Å². The zero-order valence-corrected chi connectivity index (χ0v) is 20.2. The van der Waals surface area contributed by atoms with Crippen molar-refractivity contribution in [2.24, 2.45) is 0 Å². The van der Waals surface area contributed by atoms with E-state index in [1.54, 1.807) is 43.5 Å². The molecule has 1 amide bonds. The molecule has 36 heavy (non-hydrogen) atoms. The van der Waals surface area contributed by atoms with Gasteiger partial charge in [0.1, 0.15) is 11.8 Å². The lowest BCUT2D eigenvalue weighted by molar-refractivity contribution is -0.144. The maximum atomic E-state index is 13.1. The molecule has 0 bridgehead atoms. The number of hydrogen-bond donors (Lipinski definition) is 2. The molecule has 0 spiro atoms. The maximum Gasteiger partial charge on any atom is 0.329 e. The summed E-state index contributed by atoms with van der Waals surface area (Å²) in [5.41, 5.74) is 3.74. The van der Waals surface area contributed by atoms with Crippen LogP contribution in [0.1, 0.15) is 38.8 Å². The van der Waals surface area contributed by atoms with Crippen molar-refractivity contribution in [3.05, 3.63) is 101 Å². The minimum Gasteiger partial charge on any atom is -0.497 e. The van der Waals surface area contributed by atoms with Crippen molar-refractivity contribution < 1.29 is 23.9 Å². The van der Waals surface area contributed by atoms with Gasteiger partial charge in [0.05, 0.1) is 7.11 Å². The van der Waals surface area contributed by atoms with Gasteiger partial charge in [-0.3, -0.25) is 9.59 Å². The number of methoxy groups -OCH3 is 1. The summed E-state index contributed by atoms with van der Waals surface area (Å²) >= 11 is 0. The number of H-pyrrole nitrogens is 1. The number of carbonyl (C=O) groups is 3. The van der Waals surface area contributed by atoms with Gasteiger partial charge in [0.2, 0.25) is 0 Å². The molecule has 0 aliphatic carbocycles. The summed E-state index contributed by atoms with van der Waals surface area (Å²) in [6.45, 7) is 1.60. The average Bonchev–Trinajstić information content (AvgIpc) is 3.34. The van der Waals surface area contributed by atoms with E-state index in [9.17, 15) is 14.4 Å². The van der Waals surface area contributed by atoms with Crippen LogP contribution in [0.5, 0.6) is 5.75 Å². The van der Waals surface area contributed by atoms with Crippen molar-refractivity contribution in [3.63, 3.8) is 0 Å². The van der Waals surface area contributed by atoms with E-state index in [-0.39, 0.29) is 18.1 Å². The Morgan fingerprint density at radius 3 is 2.31 bits per heavy atom. The monoisotopic (exact) mass is 484 g/mol. The molecule has 4 aromatic rings. The Labute approximate surface area is 209 Å². The van der Waals surface area contributed by atoms with Crippen LogP contribution in [0.4, 0.5) is 0 Å². The smallest absolute Gasteiger partial charge is 0.329 e. The number of aryl methyl sites for hydroxylation is 1. The van der Waals surface area contributed by atoms with Crippen molar-refractivity contribution in [1.29, 1.82) is 0 Å². The lowest BCUT2D eigenvalue weighted by Gasteiger charge is -2.18. The van der Waals surface area contributed by atoms with Gasteiger partial charge in [-0.1, -0.05) is 37.3 Å². The number of ether oxygens (including phenoxy) is 2. The molecule has 0 saturated carbocycles. The first-order valence-electron chi connectivity index (χ1n) is 11.8. The van der Waals surface area contributed by atoms with Crippen LogP contribution < -0.4 is 10.1 Å². The van der Waals surface area contributed by atoms with Gasteiger partial charge in [-0.05, 0) is 60.0 Å². The van der Waals surface area contributed by atoms with Crippen LogP contribution in [0.2, 0.25) is 0 Å². The fourth-order valence-corrected chi connectivity index (χ4v) is 3.94. The number of para-hydroxylation sites is 1. The van der Waals surface area contributed by atoms with Gasteiger partial charge < -0.3 is 19.8 Å². The number of esters is 1. The summed E-state index contributed by atoms with van der Waals surface area (Å²) in [7, 11) is 1.54. The maximum absolute atomic E-state index is 13.1. The average molecular weight is 485 g/mol. The molecular weight excluding hydrogens is 456 g/mol. The zero-order chi connectivity index (χ0) is 25.5. The third-order valence-electron chi connectivity index (χ3n) is 6.07. The standard InChI is InChI=1S/C29H28N2O5/c1-3-19-8-10-21(11-9-19)28(33)31-26(16-22-17-30-25-7-5-4-6-24(22)25)29(34)36-18-27(32)20-12-14-23(35-2)15-13-20/h4-15,17,26,30H,3,16,18H2,1-2H3,(H,31,33)/t26-/m0/s1. The molecule has 0 aliphatic rings. The highest BCUT2D eigenvalue weighted by Crippen LogP contribution is 2.20. The minimum absolute atomic E-state index is 0.207. The van der Waals surface area contributed by atoms with Gasteiger partial charge in [0.25, 0.3) is 5.91 Å². The SMILES string of the molecule is CCc1ccc(C(=O)N[C@@H](Cc2c[nH]c3ccccc23)C(=O)OCC(=O)c2ccc(OC)cc2)cc1. The second-order valence-electron chi connectivity index (χ2n) is 8.40. The van der Waals surface area contributed by atoms with E-state index in [1.807, 2.05) is 49.5 Å². The number of rotatable bonds is 10. The Morgan fingerprint density at radius 2 is 1.61 bits per heavy atom. The lowest BCUT2D eigenvalue weighted by atomic mass is 10.0. The molecule has 0 saturated heterocycles. The number of hydrogen-bond acceptors (Lipinski definition) is 5. The van der Waals surface area contributed by atoms with Crippen LogP contribution in [0, 0.1) is 0 Å². The number of Topliss-reactive ketones (excluding diaryl/α,β-unsaturated/α-hetero) is 1. The van der Waals surface area contributed by atoms with Crippen molar-refractivity contribution >= 4 is 28.6 Å². The number of ketones is 1. The number of fused-ring (bicyclic) bond motifs is 1. The molecule has 0 fully saturated rings. The topological polar surface area (TPSA) is 97.5 Å². The number of aromatic amines is 1. The summed E-state index contributed by atoms with van der Waals surface area (Å²) in [6.07, 6.45) is 2.88. The van der Waals surface area contributed by atoms with Gasteiger partial charge >= 0.3 is 5.97 Å². The van der Waals surface area contributed by atoms with E-state index in [1.165, 1.54) is 0 Å². The molecule has 4 rings (SSSR count). The molecule has 184 valence electrons. The second kappa shape index (κ2) is 11.4. The Bertz CT molecular complexity index is 1360. The van der Waals surface area contributed by atoms with Crippen LogP contribution in [-0.2, 0) is 22.4 Å². The summed E-state index contributed by atoms with van der Waals surface area (Å²) < 4.78 is 10.5. The number of benzene rings is 3. The Kier molecular flexibility index (Phi) is 7.80. The first kappa shape index (κ1) is 24.7. The number of amides is 1. The molecular formula is C29H28N2O5. The highest BCUT2D eigenvalue weighted by molar-refractivity contribution is 5.99. The van der Waals surface area contributed by atoms with E-state index in [2.05, 4.69) is 10.3 Å². The quantitative estimate of drug-likeness (QED) is 0.255. The van der Waals surface area contributed by atoms with Gasteiger partial charge in [-0.2, -0.15) is 0 Å². The fourth-order valence-electron chi connectivity index (χ4n) is 3.94. The Balaban J connectivity index is 1.50. The minimum atomic E-state index is -0.980. The first-order valence-corrected chi connectivity index (χ1v) is 11.8. The van der Waals surface area contributed by atoms with Crippen molar-refractivity contribution in [2.45, 2.75) is 25.8 Å². The van der Waals surface area contributed by atoms with E-state index in [4.69, 9.17) is 9.47 Å². The third kappa shape index (κ3) is 5.81. The summed E-state index contributed by atoms with van der Waals surface area (Å²) in [5.74, 6) is -0.794. The summed E-state index contributed by atoms with van der Waals surface area (Å²) in [6, 6.07) is 20.5. The van der Waals surface area contributed by atoms with Crippen molar-refractivity contribution in [3.8, 4) is 5.75 Å². The van der Waals surface area contributed by atoms with E-state index < -0.39 is 18.6 Å². The highest BCUT2D eigenvalue weighted by atomic mass is 16.5. The molecule has 3 aromatic carbocycles.